The number of likely N-dealkylation sites (N-methyl/N-ethyl adjacent to an activating group) is 1. The van der Waals surface area contributed by atoms with Gasteiger partial charge in [0.15, 0.2) is 6.10 Å². The van der Waals surface area contributed by atoms with Crippen LogP contribution in [-0.4, -0.2) is 70.0 Å². The summed E-state index contributed by atoms with van der Waals surface area (Å²) in [6.07, 6.45) is 39.1. The Hall–Kier alpha value is -1.51. The highest BCUT2D eigenvalue weighted by molar-refractivity contribution is 7.45. The Kier molecular flexibility index (Phi) is 36.1. The van der Waals surface area contributed by atoms with E-state index in [2.05, 4.69) is 38.2 Å². The van der Waals surface area contributed by atoms with E-state index < -0.39 is 26.5 Å². The number of hydrogen-bond acceptors (Lipinski definition) is 8. The van der Waals surface area contributed by atoms with Gasteiger partial charge in [-0.3, -0.25) is 14.2 Å². The smallest absolute Gasteiger partial charge is 0.306 e. The molecule has 2 atom stereocenters. The van der Waals surface area contributed by atoms with E-state index in [0.717, 1.165) is 57.8 Å². The van der Waals surface area contributed by atoms with E-state index in [-0.39, 0.29) is 32.0 Å². The quantitative estimate of drug-likeness (QED) is 0.0198. The average Bonchev–Trinajstić information content (AvgIpc) is 3.12. The van der Waals surface area contributed by atoms with Crippen LogP contribution in [0.25, 0.3) is 0 Å². The van der Waals surface area contributed by atoms with E-state index in [1.54, 1.807) is 0 Å². The highest BCUT2D eigenvalue weighted by Crippen LogP contribution is 2.38. The van der Waals surface area contributed by atoms with Crippen molar-refractivity contribution in [1.82, 2.24) is 0 Å². The number of unbranched alkanes of at least 4 members (excludes halogenated alkanes) is 22. The topological polar surface area (TPSA) is 111 Å². The lowest BCUT2D eigenvalue weighted by molar-refractivity contribution is -0.870. The van der Waals surface area contributed by atoms with Gasteiger partial charge in [0.1, 0.15) is 19.8 Å². The fourth-order valence-corrected chi connectivity index (χ4v) is 6.71. The number of nitrogens with zero attached hydrogens (tertiary/aromatic N) is 1. The number of phosphoric acid groups is 1. The van der Waals surface area contributed by atoms with Crippen molar-refractivity contribution in [3.05, 3.63) is 24.3 Å². The Morgan fingerprint density at radius 3 is 1.50 bits per heavy atom. The van der Waals surface area contributed by atoms with E-state index in [1.165, 1.54) is 103 Å². The third-order valence-electron chi connectivity index (χ3n) is 9.47. The monoisotopic (exact) mass is 786 g/mol. The Morgan fingerprint density at radius 2 is 1.00 bits per heavy atom. The van der Waals surface area contributed by atoms with Gasteiger partial charge in [-0.15, -0.1) is 0 Å². The molecule has 0 saturated heterocycles. The minimum absolute atomic E-state index is 0.0319. The molecule has 0 aliphatic heterocycles. The van der Waals surface area contributed by atoms with E-state index in [9.17, 15) is 19.0 Å². The lowest BCUT2D eigenvalue weighted by atomic mass is 10.0. The summed E-state index contributed by atoms with van der Waals surface area (Å²) in [5, 5.41) is 0. The van der Waals surface area contributed by atoms with Crippen LogP contribution in [0, 0.1) is 0 Å². The molecule has 54 heavy (non-hydrogen) atoms. The zero-order chi connectivity index (χ0) is 40.0. The predicted molar refractivity (Wildman–Crippen MR) is 222 cm³/mol. The van der Waals surface area contributed by atoms with E-state index in [1.807, 2.05) is 21.1 Å². The fraction of sp³-hybridized carbons (Fsp3) is 0.864. The van der Waals surface area contributed by atoms with Crippen molar-refractivity contribution in [2.75, 3.05) is 47.5 Å². The van der Waals surface area contributed by atoms with Gasteiger partial charge >= 0.3 is 11.9 Å². The Labute approximate surface area is 332 Å². The summed E-state index contributed by atoms with van der Waals surface area (Å²) >= 11 is 0. The molecule has 0 fully saturated rings. The predicted octanol–water partition coefficient (Wildman–Crippen LogP) is 11.7. The second-order valence-electron chi connectivity index (χ2n) is 16.1. The summed E-state index contributed by atoms with van der Waals surface area (Å²) in [4.78, 5) is 37.5. The van der Waals surface area contributed by atoms with Crippen molar-refractivity contribution in [2.24, 2.45) is 0 Å². The molecule has 2 unspecified atom stereocenters. The second-order valence-corrected chi connectivity index (χ2v) is 17.5. The molecule has 0 aromatic heterocycles. The molecule has 0 spiro atoms. The van der Waals surface area contributed by atoms with Crippen molar-refractivity contribution < 1.29 is 42.1 Å². The van der Waals surface area contributed by atoms with Crippen LogP contribution in [0.1, 0.15) is 194 Å². The number of carbonyl (C=O) groups is 2. The van der Waals surface area contributed by atoms with Crippen LogP contribution in [0.15, 0.2) is 24.3 Å². The molecule has 10 heteroatoms. The second kappa shape index (κ2) is 37.1. The summed E-state index contributed by atoms with van der Waals surface area (Å²) < 4.78 is 33.9. The highest BCUT2D eigenvalue weighted by atomic mass is 31.2. The van der Waals surface area contributed by atoms with E-state index in [4.69, 9.17) is 18.5 Å². The molecule has 9 nitrogen and oxygen atoms in total. The zero-order valence-corrected chi connectivity index (χ0v) is 36.6. The van der Waals surface area contributed by atoms with Crippen molar-refractivity contribution in [3.8, 4) is 0 Å². The van der Waals surface area contributed by atoms with Crippen LogP contribution in [0.3, 0.4) is 0 Å². The number of quaternary nitrogens is 1. The summed E-state index contributed by atoms with van der Waals surface area (Å²) in [6.45, 7) is 4.20. The molecule has 0 aromatic carbocycles. The number of rotatable bonds is 40. The number of esters is 2. The summed E-state index contributed by atoms with van der Waals surface area (Å²) in [5.74, 6) is -0.844. The van der Waals surface area contributed by atoms with Gasteiger partial charge in [-0.2, -0.15) is 0 Å². The van der Waals surface area contributed by atoms with Crippen LogP contribution < -0.4 is 4.89 Å². The van der Waals surface area contributed by atoms with Crippen LogP contribution in [-0.2, 0) is 32.7 Å². The van der Waals surface area contributed by atoms with Crippen molar-refractivity contribution in [2.45, 2.75) is 200 Å². The molecule has 318 valence electrons. The molecule has 0 aliphatic rings. The first kappa shape index (κ1) is 52.5. The summed E-state index contributed by atoms with van der Waals surface area (Å²) in [5.41, 5.74) is 0. The summed E-state index contributed by atoms with van der Waals surface area (Å²) in [6, 6.07) is 0. The van der Waals surface area contributed by atoms with Gasteiger partial charge in [-0.25, -0.2) is 0 Å². The van der Waals surface area contributed by atoms with Gasteiger partial charge < -0.3 is 27.9 Å². The maximum absolute atomic E-state index is 12.7. The van der Waals surface area contributed by atoms with Crippen LogP contribution in [0.4, 0.5) is 0 Å². The molecule has 0 bridgehead atoms. The number of carbonyl (C=O) groups excluding carboxylic acids is 2. The summed E-state index contributed by atoms with van der Waals surface area (Å²) in [7, 11) is 1.16. The van der Waals surface area contributed by atoms with Gasteiger partial charge in [0.2, 0.25) is 0 Å². The van der Waals surface area contributed by atoms with Gasteiger partial charge in [-0.1, -0.05) is 160 Å². The molecule has 0 saturated carbocycles. The van der Waals surface area contributed by atoms with Gasteiger partial charge in [0, 0.05) is 12.8 Å². The normalized spacial score (nSPS) is 13.8. The number of hydrogen-bond donors (Lipinski definition) is 0. The van der Waals surface area contributed by atoms with Crippen molar-refractivity contribution >= 4 is 19.8 Å². The average molecular weight is 786 g/mol. The SMILES string of the molecule is CCCCC/C=C\C/C=C\CCCCCCCC(=O)OC(COC(=O)CCCCCCCCCCCCCCCCC)COP(=O)([O-])OCC[N+](C)(C)C. The van der Waals surface area contributed by atoms with Crippen LogP contribution in [0.2, 0.25) is 0 Å². The maximum atomic E-state index is 12.7. The largest absolute Gasteiger partial charge is 0.756 e. The first-order chi connectivity index (χ1) is 26.0. The molecule has 0 N–H and O–H groups in total. The molecule has 0 amide bonds. The molecule has 0 aromatic rings. The highest BCUT2D eigenvalue weighted by Gasteiger charge is 2.21. The van der Waals surface area contributed by atoms with Crippen molar-refractivity contribution in [3.63, 3.8) is 0 Å². The maximum Gasteiger partial charge on any atom is 0.306 e. The Balaban J connectivity index is 4.37. The molecule has 0 heterocycles. The number of ether oxygens (including phenoxy) is 2. The van der Waals surface area contributed by atoms with Crippen molar-refractivity contribution in [1.29, 1.82) is 0 Å². The zero-order valence-electron chi connectivity index (χ0n) is 35.7. The van der Waals surface area contributed by atoms with Gasteiger partial charge in [-0.05, 0) is 44.9 Å². The minimum Gasteiger partial charge on any atom is -0.756 e. The fourth-order valence-electron chi connectivity index (χ4n) is 5.98. The van der Waals surface area contributed by atoms with Gasteiger partial charge in [0.25, 0.3) is 7.82 Å². The molecule has 0 radical (unpaired) electrons. The first-order valence-corrected chi connectivity index (χ1v) is 23.5. The van der Waals surface area contributed by atoms with Gasteiger partial charge in [0.05, 0.1) is 27.7 Å². The minimum atomic E-state index is -4.62. The number of allylic oxidation sites excluding steroid dienone is 4. The Morgan fingerprint density at radius 1 is 0.574 bits per heavy atom. The third-order valence-corrected chi connectivity index (χ3v) is 10.4. The van der Waals surface area contributed by atoms with Crippen LogP contribution >= 0.6 is 7.82 Å². The van der Waals surface area contributed by atoms with E-state index in [0.29, 0.717) is 17.4 Å². The lowest BCUT2D eigenvalue weighted by Crippen LogP contribution is -2.37. The standard InChI is InChI=1S/C44H84NO8P/c1-6-8-10-12-14-16-18-20-22-24-26-28-30-32-34-36-43(46)50-40-42(41-52-54(48,49)51-39-38-45(3,4)5)53-44(47)37-35-33-31-29-27-25-23-21-19-17-15-13-11-9-7-2/h15,17,21,23,42H,6-14,16,18-20,22,24-41H2,1-5H3/b17-15-,23-21-. The van der Waals surface area contributed by atoms with E-state index >= 15 is 0 Å². The Bertz CT molecular complexity index is 980. The lowest BCUT2D eigenvalue weighted by Gasteiger charge is -2.28. The first-order valence-electron chi connectivity index (χ1n) is 22.0. The molecular weight excluding hydrogens is 701 g/mol. The molecule has 0 rings (SSSR count). The molecular formula is C44H84NO8P. The number of phosphoric ester groups is 1. The van der Waals surface area contributed by atoms with Crippen LogP contribution in [0.5, 0.6) is 0 Å². The third kappa shape index (κ3) is 40.2. The molecule has 0 aliphatic carbocycles.